The summed E-state index contributed by atoms with van der Waals surface area (Å²) in [6, 6.07) is 13.7. The molecule has 0 saturated carbocycles. The Balaban J connectivity index is 1.41. The van der Waals surface area contributed by atoms with E-state index in [-0.39, 0.29) is 30.9 Å². The predicted molar refractivity (Wildman–Crippen MR) is 173 cm³/mol. The van der Waals surface area contributed by atoms with Gasteiger partial charge < -0.3 is 38.1 Å². The third-order valence-electron chi connectivity index (χ3n) is 8.75. The van der Waals surface area contributed by atoms with Crippen molar-refractivity contribution in [3.8, 4) is 28.7 Å². The standard InChI is InChI=1S/C35H34BrNO10/c1-41-28-14-21(15-29(42-2)32(28)43-3)30-24-16-27-26(46-18-47-27)13-20(24)12-25(31(30)35(40)44-4)33(38)37-10-6-9-23(37)17-45-34(39)19-7-5-8-22(36)11-19/h5,7-8,11-16,23,30-31H,6,9-10,17-18H2,1-4H3/t23-,30+,31-/m0/s1. The smallest absolute Gasteiger partial charge is 0.338 e. The van der Waals surface area contributed by atoms with Crippen molar-refractivity contribution in [1.29, 1.82) is 0 Å². The van der Waals surface area contributed by atoms with Gasteiger partial charge in [-0.05, 0) is 78.1 Å². The molecule has 12 heteroatoms. The van der Waals surface area contributed by atoms with Crippen molar-refractivity contribution in [1.82, 2.24) is 4.90 Å². The predicted octanol–water partition coefficient (Wildman–Crippen LogP) is 5.37. The van der Waals surface area contributed by atoms with E-state index in [1.165, 1.54) is 28.4 Å². The molecule has 1 aliphatic carbocycles. The average Bonchev–Trinajstić information content (AvgIpc) is 3.76. The zero-order valence-corrected chi connectivity index (χ0v) is 28.0. The normalized spacial score (nSPS) is 19.4. The summed E-state index contributed by atoms with van der Waals surface area (Å²) in [7, 11) is 5.83. The van der Waals surface area contributed by atoms with Crippen LogP contribution in [0.25, 0.3) is 6.08 Å². The second-order valence-electron chi connectivity index (χ2n) is 11.3. The number of methoxy groups -OCH3 is 4. The first-order chi connectivity index (χ1) is 22.8. The van der Waals surface area contributed by atoms with Gasteiger partial charge in [-0.1, -0.05) is 22.0 Å². The maximum absolute atomic E-state index is 14.5. The van der Waals surface area contributed by atoms with Crippen LogP contribution in [-0.4, -0.2) is 77.2 Å². The molecule has 0 N–H and O–H groups in total. The lowest BCUT2D eigenvalue weighted by molar-refractivity contribution is -0.146. The fourth-order valence-electron chi connectivity index (χ4n) is 6.53. The molecular weight excluding hydrogens is 674 g/mol. The number of esters is 2. The van der Waals surface area contributed by atoms with Gasteiger partial charge in [0.15, 0.2) is 23.0 Å². The summed E-state index contributed by atoms with van der Waals surface area (Å²) in [6.07, 6.45) is 3.07. The van der Waals surface area contributed by atoms with Gasteiger partial charge in [-0.25, -0.2) is 4.79 Å². The maximum atomic E-state index is 14.5. The second kappa shape index (κ2) is 13.6. The summed E-state index contributed by atoms with van der Waals surface area (Å²) >= 11 is 3.38. The maximum Gasteiger partial charge on any atom is 0.338 e. The number of ether oxygens (including phenoxy) is 7. The Morgan fingerprint density at radius 3 is 2.32 bits per heavy atom. The number of benzene rings is 3. The molecule has 1 fully saturated rings. The molecule has 3 atom stereocenters. The topological polar surface area (TPSA) is 119 Å². The number of carbonyl (C=O) groups is 3. The van der Waals surface area contributed by atoms with Crippen molar-refractivity contribution in [3.05, 3.63) is 80.8 Å². The lowest BCUT2D eigenvalue weighted by Crippen LogP contribution is -2.43. The highest BCUT2D eigenvalue weighted by Crippen LogP contribution is 2.51. The molecule has 1 amide bonds. The first kappa shape index (κ1) is 32.2. The molecule has 0 bridgehead atoms. The molecule has 2 heterocycles. The van der Waals surface area contributed by atoms with E-state index in [4.69, 9.17) is 33.2 Å². The summed E-state index contributed by atoms with van der Waals surface area (Å²) in [5, 5.41) is 0. The minimum Gasteiger partial charge on any atom is -0.493 e. The average molecular weight is 709 g/mol. The highest BCUT2D eigenvalue weighted by atomic mass is 79.9. The highest BCUT2D eigenvalue weighted by molar-refractivity contribution is 9.10. The SMILES string of the molecule is COC(=O)[C@H]1C(C(=O)N2CCC[C@H]2COC(=O)c2cccc(Br)c2)=Cc2cc3c(cc2[C@H]1c1cc(OC)c(OC)c(OC)c1)OCO3. The van der Waals surface area contributed by atoms with Gasteiger partial charge in [0.25, 0.3) is 5.91 Å². The zero-order valence-electron chi connectivity index (χ0n) is 26.4. The molecule has 3 aliphatic rings. The number of halogens is 1. The molecular formula is C35H34BrNO10. The fraction of sp³-hybridized carbons (Fsp3) is 0.343. The molecule has 0 spiro atoms. The van der Waals surface area contributed by atoms with Gasteiger partial charge in [-0.3, -0.25) is 9.59 Å². The Labute approximate surface area is 280 Å². The Hall–Kier alpha value is -4.71. The molecule has 2 aliphatic heterocycles. The van der Waals surface area contributed by atoms with Crippen LogP contribution >= 0.6 is 15.9 Å². The van der Waals surface area contributed by atoms with Crippen LogP contribution in [0, 0.1) is 5.92 Å². The first-order valence-corrected chi connectivity index (χ1v) is 15.8. The largest absolute Gasteiger partial charge is 0.493 e. The van der Waals surface area contributed by atoms with Crippen molar-refractivity contribution in [2.24, 2.45) is 5.92 Å². The zero-order chi connectivity index (χ0) is 33.2. The number of likely N-dealkylation sites (tertiary alicyclic amines) is 1. The van der Waals surface area contributed by atoms with Crippen LogP contribution in [0.4, 0.5) is 0 Å². The molecule has 11 nitrogen and oxygen atoms in total. The molecule has 1 saturated heterocycles. The summed E-state index contributed by atoms with van der Waals surface area (Å²) in [5.41, 5.74) is 2.70. The lowest BCUT2D eigenvalue weighted by Gasteiger charge is -2.35. The van der Waals surface area contributed by atoms with E-state index in [9.17, 15) is 14.4 Å². The molecule has 246 valence electrons. The number of carbonyl (C=O) groups excluding carboxylic acids is 3. The number of hydrogen-bond donors (Lipinski definition) is 0. The highest BCUT2D eigenvalue weighted by Gasteiger charge is 2.45. The summed E-state index contributed by atoms with van der Waals surface area (Å²) < 4.78 is 40.0. The van der Waals surface area contributed by atoms with Gasteiger partial charge in [0.05, 0.1) is 46.0 Å². The van der Waals surface area contributed by atoms with Crippen LogP contribution in [0.1, 0.15) is 45.8 Å². The molecule has 47 heavy (non-hydrogen) atoms. The van der Waals surface area contributed by atoms with Crippen LogP contribution in [0.15, 0.2) is 58.6 Å². The number of fused-ring (bicyclic) bond motifs is 2. The molecule has 0 aromatic heterocycles. The van der Waals surface area contributed by atoms with Crippen molar-refractivity contribution in [3.63, 3.8) is 0 Å². The Kier molecular flexibility index (Phi) is 9.31. The van der Waals surface area contributed by atoms with Crippen molar-refractivity contribution in [2.45, 2.75) is 24.8 Å². The molecule has 3 aromatic carbocycles. The third kappa shape index (κ3) is 6.09. The van der Waals surface area contributed by atoms with Gasteiger partial charge in [-0.15, -0.1) is 0 Å². The van der Waals surface area contributed by atoms with E-state index in [2.05, 4.69) is 15.9 Å². The Morgan fingerprint density at radius 1 is 0.936 bits per heavy atom. The Bertz CT molecular complexity index is 1730. The van der Waals surface area contributed by atoms with Gasteiger partial charge in [0, 0.05) is 22.5 Å². The van der Waals surface area contributed by atoms with Gasteiger partial charge in [0.1, 0.15) is 6.61 Å². The van der Waals surface area contributed by atoms with Crippen molar-refractivity contribution >= 4 is 39.9 Å². The molecule has 3 aromatic rings. The van der Waals surface area contributed by atoms with Crippen LogP contribution in [0.3, 0.4) is 0 Å². The number of rotatable bonds is 9. The van der Waals surface area contributed by atoms with Gasteiger partial charge in [0.2, 0.25) is 12.5 Å². The van der Waals surface area contributed by atoms with E-state index < -0.39 is 23.8 Å². The molecule has 0 unspecified atom stereocenters. The summed E-state index contributed by atoms with van der Waals surface area (Å²) in [5.74, 6) is -0.949. The lowest BCUT2D eigenvalue weighted by atomic mass is 9.70. The van der Waals surface area contributed by atoms with Crippen LogP contribution in [-0.2, 0) is 19.1 Å². The van der Waals surface area contributed by atoms with Crippen LogP contribution in [0.5, 0.6) is 28.7 Å². The quantitative estimate of drug-likeness (QED) is 0.269. The molecule has 6 rings (SSSR count). The van der Waals surface area contributed by atoms with Gasteiger partial charge in [-0.2, -0.15) is 0 Å². The summed E-state index contributed by atoms with van der Waals surface area (Å²) in [4.78, 5) is 42.8. The monoisotopic (exact) mass is 707 g/mol. The van der Waals surface area contributed by atoms with E-state index in [1.54, 1.807) is 41.3 Å². The first-order valence-electron chi connectivity index (χ1n) is 15.0. The minimum atomic E-state index is -1.05. The molecule has 0 radical (unpaired) electrons. The summed E-state index contributed by atoms with van der Waals surface area (Å²) in [6.45, 7) is 0.502. The van der Waals surface area contributed by atoms with E-state index in [1.807, 2.05) is 18.2 Å². The van der Waals surface area contributed by atoms with Crippen LogP contribution in [0.2, 0.25) is 0 Å². The number of nitrogens with zero attached hydrogens (tertiary/aromatic N) is 1. The fourth-order valence-corrected chi connectivity index (χ4v) is 6.93. The van der Waals surface area contributed by atoms with Gasteiger partial charge >= 0.3 is 11.9 Å². The minimum absolute atomic E-state index is 0.0127. The number of hydrogen-bond acceptors (Lipinski definition) is 10. The van der Waals surface area contributed by atoms with E-state index in [0.717, 1.165) is 10.0 Å². The van der Waals surface area contributed by atoms with Crippen molar-refractivity contribution in [2.75, 3.05) is 48.4 Å². The second-order valence-corrected chi connectivity index (χ2v) is 12.2. The van der Waals surface area contributed by atoms with E-state index >= 15 is 0 Å². The van der Waals surface area contributed by atoms with Crippen LogP contribution < -0.4 is 23.7 Å². The Morgan fingerprint density at radius 2 is 1.66 bits per heavy atom. The van der Waals surface area contributed by atoms with E-state index in [0.29, 0.717) is 64.8 Å². The third-order valence-corrected chi connectivity index (χ3v) is 9.24. The number of amides is 1. The van der Waals surface area contributed by atoms with Crippen molar-refractivity contribution < 1.29 is 47.5 Å².